The average molecular weight is 372 g/mol. The van der Waals surface area contributed by atoms with E-state index in [9.17, 15) is 14.0 Å². The number of nitrogens with one attached hydrogen (secondary N) is 2. The largest absolute Gasteiger partial charge is 0.493 e. The van der Waals surface area contributed by atoms with Crippen LogP contribution in [0.25, 0.3) is 0 Å². The van der Waals surface area contributed by atoms with Gasteiger partial charge in [-0.1, -0.05) is 24.3 Å². The lowest BCUT2D eigenvalue weighted by Gasteiger charge is -2.27. The van der Waals surface area contributed by atoms with E-state index >= 15 is 0 Å². The third-order valence-corrected chi connectivity index (χ3v) is 4.20. The number of fused-ring (bicyclic) bond motifs is 1. The molecular weight excluding hydrogens is 351 g/mol. The van der Waals surface area contributed by atoms with Crippen molar-refractivity contribution in [3.05, 3.63) is 59.4 Å². The molecule has 2 aromatic carbocycles. The summed E-state index contributed by atoms with van der Waals surface area (Å²) < 4.78 is 24.6. The minimum absolute atomic E-state index is 0.170. The zero-order chi connectivity index (χ0) is 19.2. The Morgan fingerprint density at radius 1 is 1.22 bits per heavy atom. The number of benzene rings is 2. The van der Waals surface area contributed by atoms with Gasteiger partial charge in [0, 0.05) is 12.0 Å². The summed E-state index contributed by atoms with van der Waals surface area (Å²) in [5.74, 6) is -0.574. The Morgan fingerprint density at radius 3 is 2.85 bits per heavy atom. The normalized spacial score (nSPS) is 15.3. The summed E-state index contributed by atoms with van der Waals surface area (Å²) in [6, 6.07) is 11.1. The van der Waals surface area contributed by atoms with Crippen LogP contribution in [0.5, 0.6) is 11.5 Å². The molecule has 0 unspecified atom stereocenters. The van der Waals surface area contributed by atoms with E-state index < -0.39 is 11.7 Å². The van der Waals surface area contributed by atoms with E-state index in [0.717, 1.165) is 0 Å². The van der Waals surface area contributed by atoms with Crippen molar-refractivity contribution in [3.8, 4) is 11.5 Å². The number of para-hydroxylation sites is 2. The third kappa shape index (κ3) is 4.36. The minimum atomic E-state index is -0.452. The molecule has 0 saturated carbocycles. The van der Waals surface area contributed by atoms with Crippen LogP contribution in [0.1, 0.15) is 35.3 Å². The van der Waals surface area contributed by atoms with Gasteiger partial charge in [-0.2, -0.15) is 0 Å². The number of hydrogen-bond acceptors (Lipinski definition) is 4. The fraction of sp³-hybridized carbons (Fsp3) is 0.300. The Bertz CT molecular complexity index is 840. The summed E-state index contributed by atoms with van der Waals surface area (Å²) in [7, 11) is 0. The van der Waals surface area contributed by atoms with Gasteiger partial charge in [0.15, 0.2) is 11.6 Å². The molecule has 2 amide bonds. The van der Waals surface area contributed by atoms with E-state index in [1.807, 2.05) is 6.92 Å². The summed E-state index contributed by atoms with van der Waals surface area (Å²) in [5.41, 5.74) is 0.966. The van der Waals surface area contributed by atoms with Crippen LogP contribution in [-0.4, -0.2) is 31.6 Å². The van der Waals surface area contributed by atoms with E-state index in [0.29, 0.717) is 36.5 Å². The molecule has 27 heavy (non-hydrogen) atoms. The highest BCUT2D eigenvalue weighted by Gasteiger charge is 2.25. The standard InChI is InChI=1S/C20H21FN2O4/c1-2-26-17-9-4-3-6-14(17)20(25)22-12-18(24)23-16-10-11-27-19-13(16)7-5-8-15(19)21/h3-9,16H,2,10-12H2,1H3,(H,22,25)(H,23,24)/t16-/m0/s1. The summed E-state index contributed by atoms with van der Waals surface area (Å²) >= 11 is 0. The third-order valence-electron chi connectivity index (χ3n) is 4.20. The molecule has 0 radical (unpaired) electrons. The first-order valence-electron chi connectivity index (χ1n) is 8.80. The fourth-order valence-corrected chi connectivity index (χ4v) is 2.97. The molecule has 1 heterocycles. The maximum absolute atomic E-state index is 13.8. The van der Waals surface area contributed by atoms with Crippen molar-refractivity contribution in [2.24, 2.45) is 0 Å². The predicted molar refractivity (Wildman–Crippen MR) is 97.3 cm³/mol. The molecule has 1 aliphatic heterocycles. The smallest absolute Gasteiger partial charge is 0.255 e. The summed E-state index contributed by atoms with van der Waals surface area (Å²) in [6.45, 7) is 2.38. The van der Waals surface area contributed by atoms with Crippen molar-refractivity contribution in [2.45, 2.75) is 19.4 Å². The highest BCUT2D eigenvalue weighted by molar-refractivity contribution is 5.98. The number of ether oxygens (including phenoxy) is 2. The number of rotatable bonds is 6. The second-order valence-electron chi connectivity index (χ2n) is 6.03. The SMILES string of the molecule is CCOc1ccccc1C(=O)NCC(=O)N[C@H]1CCOc2c(F)cccc21. The maximum atomic E-state index is 13.8. The Morgan fingerprint density at radius 2 is 2.04 bits per heavy atom. The predicted octanol–water partition coefficient (Wildman–Crippen LogP) is 2.59. The molecule has 3 rings (SSSR count). The van der Waals surface area contributed by atoms with Crippen molar-refractivity contribution >= 4 is 11.8 Å². The maximum Gasteiger partial charge on any atom is 0.255 e. The van der Waals surface area contributed by atoms with E-state index in [4.69, 9.17) is 9.47 Å². The van der Waals surface area contributed by atoms with Crippen molar-refractivity contribution in [1.29, 1.82) is 0 Å². The van der Waals surface area contributed by atoms with Crippen LogP contribution in [-0.2, 0) is 4.79 Å². The van der Waals surface area contributed by atoms with E-state index in [1.54, 1.807) is 36.4 Å². The number of halogens is 1. The second kappa shape index (κ2) is 8.53. The number of carbonyl (C=O) groups excluding carboxylic acids is 2. The van der Waals surface area contributed by atoms with Gasteiger partial charge in [-0.15, -0.1) is 0 Å². The fourth-order valence-electron chi connectivity index (χ4n) is 2.97. The molecular formula is C20H21FN2O4. The Labute approximate surface area is 156 Å². The van der Waals surface area contributed by atoms with Crippen LogP contribution in [0.2, 0.25) is 0 Å². The van der Waals surface area contributed by atoms with Gasteiger partial charge < -0.3 is 20.1 Å². The molecule has 0 spiro atoms. The summed E-state index contributed by atoms with van der Waals surface area (Å²) in [4.78, 5) is 24.6. The molecule has 2 N–H and O–H groups in total. The van der Waals surface area contributed by atoms with Gasteiger partial charge >= 0.3 is 0 Å². The lowest BCUT2D eigenvalue weighted by atomic mass is 10.0. The molecule has 1 aliphatic rings. The van der Waals surface area contributed by atoms with E-state index in [2.05, 4.69) is 10.6 Å². The number of carbonyl (C=O) groups is 2. The Hall–Kier alpha value is -3.09. The first-order valence-corrected chi connectivity index (χ1v) is 8.80. The molecule has 142 valence electrons. The van der Waals surface area contributed by atoms with Gasteiger partial charge in [0.1, 0.15) is 5.75 Å². The van der Waals surface area contributed by atoms with Gasteiger partial charge in [0.2, 0.25) is 5.91 Å². The van der Waals surface area contributed by atoms with Crippen LogP contribution >= 0.6 is 0 Å². The number of amides is 2. The van der Waals surface area contributed by atoms with Crippen LogP contribution in [0.15, 0.2) is 42.5 Å². The Kier molecular flexibility index (Phi) is 5.90. The lowest BCUT2D eigenvalue weighted by molar-refractivity contribution is -0.121. The molecule has 0 bridgehead atoms. The van der Waals surface area contributed by atoms with Crippen LogP contribution in [0.4, 0.5) is 4.39 Å². The van der Waals surface area contributed by atoms with Crippen LogP contribution in [0, 0.1) is 5.82 Å². The highest BCUT2D eigenvalue weighted by atomic mass is 19.1. The second-order valence-corrected chi connectivity index (χ2v) is 6.03. The quantitative estimate of drug-likeness (QED) is 0.817. The van der Waals surface area contributed by atoms with Crippen molar-refractivity contribution in [1.82, 2.24) is 10.6 Å². The lowest BCUT2D eigenvalue weighted by Crippen LogP contribution is -2.40. The van der Waals surface area contributed by atoms with Crippen LogP contribution < -0.4 is 20.1 Å². The van der Waals surface area contributed by atoms with Gasteiger partial charge in [-0.3, -0.25) is 9.59 Å². The Balaban J connectivity index is 1.60. The molecule has 2 aromatic rings. The zero-order valence-corrected chi connectivity index (χ0v) is 15.0. The van der Waals surface area contributed by atoms with E-state index in [1.165, 1.54) is 6.07 Å². The number of hydrogen-bond donors (Lipinski definition) is 2. The zero-order valence-electron chi connectivity index (χ0n) is 15.0. The summed E-state index contributed by atoms with van der Waals surface area (Å²) in [6.07, 6.45) is 0.531. The van der Waals surface area contributed by atoms with E-state index in [-0.39, 0.29) is 24.2 Å². The first-order chi connectivity index (χ1) is 13.1. The molecule has 6 nitrogen and oxygen atoms in total. The van der Waals surface area contributed by atoms with Gasteiger partial charge in [-0.25, -0.2) is 4.39 Å². The van der Waals surface area contributed by atoms with Gasteiger partial charge in [0.05, 0.1) is 31.4 Å². The van der Waals surface area contributed by atoms with Crippen molar-refractivity contribution in [3.63, 3.8) is 0 Å². The van der Waals surface area contributed by atoms with Crippen LogP contribution in [0.3, 0.4) is 0 Å². The monoisotopic (exact) mass is 372 g/mol. The topological polar surface area (TPSA) is 76.7 Å². The average Bonchev–Trinajstić information content (AvgIpc) is 2.68. The first kappa shape index (κ1) is 18.7. The molecule has 0 fully saturated rings. The van der Waals surface area contributed by atoms with Crippen molar-refractivity contribution in [2.75, 3.05) is 19.8 Å². The van der Waals surface area contributed by atoms with Gasteiger partial charge in [0.25, 0.3) is 5.91 Å². The molecule has 0 aliphatic carbocycles. The molecule has 1 atom stereocenters. The molecule has 0 aromatic heterocycles. The summed E-state index contributed by atoms with van der Waals surface area (Å²) in [5, 5.41) is 5.40. The molecule has 7 heteroatoms. The molecule has 0 saturated heterocycles. The van der Waals surface area contributed by atoms with Crippen molar-refractivity contribution < 1.29 is 23.5 Å². The minimum Gasteiger partial charge on any atom is -0.493 e. The van der Waals surface area contributed by atoms with Gasteiger partial charge in [-0.05, 0) is 25.1 Å². The highest BCUT2D eigenvalue weighted by Crippen LogP contribution is 2.33.